The highest BCUT2D eigenvalue weighted by Gasteiger charge is 2.33. The molecule has 0 bridgehead atoms. The van der Waals surface area contributed by atoms with Crippen molar-refractivity contribution in [3.63, 3.8) is 0 Å². The minimum Gasteiger partial charge on any atom is -0.321 e. The van der Waals surface area contributed by atoms with Crippen molar-refractivity contribution in [2.45, 2.75) is 66.2 Å². The van der Waals surface area contributed by atoms with Gasteiger partial charge in [0.15, 0.2) is 5.82 Å². The maximum atomic E-state index is 13.2. The Labute approximate surface area is 211 Å². The van der Waals surface area contributed by atoms with E-state index in [1.807, 2.05) is 60.1 Å². The number of pyridine rings is 1. The van der Waals surface area contributed by atoms with Gasteiger partial charge in [-0.05, 0) is 72.7 Å². The zero-order valence-electron chi connectivity index (χ0n) is 21.2. The van der Waals surface area contributed by atoms with Crippen molar-refractivity contribution in [2.24, 2.45) is 5.92 Å². The highest BCUT2D eigenvalue weighted by Crippen LogP contribution is 2.33. The van der Waals surface area contributed by atoms with Crippen molar-refractivity contribution >= 4 is 22.5 Å². The highest BCUT2D eigenvalue weighted by atomic mass is 35.5. The number of tetrazole rings is 1. The van der Waals surface area contributed by atoms with E-state index in [1.54, 1.807) is 0 Å². The lowest BCUT2D eigenvalue weighted by Gasteiger charge is -2.35. The number of rotatable bonds is 7. The predicted molar refractivity (Wildman–Crippen MR) is 140 cm³/mol. The van der Waals surface area contributed by atoms with E-state index in [0.29, 0.717) is 23.7 Å². The number of halogens is 1. The summed E-state index contributed by atoms with van der Waals surface area (Å²) >= 11 is 6.57. The Balaban J connectivity index is 1.83. The molecule has 0 fully saturated rings. The van der Waals surface area contributed by atoms with Crippen molar-refractivity contribution in [2.75, 3.05) is 0 Å². The molecular weight excluding hydrogens is 460 g/mol. The molecule has 184 valence electrons. The van der Waals surface area contributed by atoms with Gasteiger partial charge in [0, 0.05) is 23.7 Å². The number of aromatic amines is 1. The molecule has 0 aliphatic carbocycles. The van der Waals surface area contributed by atoms with E-state index in [2.05, 4.69) is 60.0 Å². The van der Waals surface area contributed by atoms with Crippen LogP contribution in [0.3, 0.4) is 0 Å². The maximum absolute atomic E-state index is 13.2. The summed E-state index contributed by atoms with van der Waals surface area (Å²) < 4.78 is 1.88. The fourth-order valence-electron chi connectivity index (χ4n) is 4.60. The molecule has 7 nitrogen and oxygen atoms in total. The van der Waals surface area contributed by atoms with Crippen LogP contribution >= 0.6 is 11.6 Å². The van der Waals surface area contributed by atoms with Gasteiger partial charge in [-0.3, -0.25) is 9.69 Å². The number of aromatic nitrogens is 5. The molecule has 1 atom stereocenters. The van der Waals surface area contributed by atoms with Crippen molar-refractivity contribution in [1.82, 2.24) is 30.1 Å². The fraction of sp³-hybridized carbons (Fsp3) is 0.407. The number of fused-ring (bicyclic) bond motifs is 1. The smallest absolute Gasteiger partial charge is 0.252 e. The van der Waals surface area contributed by atoms with Gasteiger partial charge in [-0.15, -0.1) is 5.10 Å². The zero-order valence-corrected chi connectivity index (χ0v) is 22.0. The van der Waals surface area contributed by atoms with Crippen LogP contribution in [0, 0.1) is 12.8 Å². The number of hydrogen-bond acceptors (Lipinski definition) is 5. The molecule has 0 spiro atoms. The first-order valence-corrected chi connectivity index (χ1v) is 12.3. The fourth-order valence-corrected chi connectivity index (χ4v) is 4.80. The third-order valence-corrected chi connectivity index (χ3v) is 6.66. The second-order valence-corrected chi connectivity index (χ2v) is 10.9. The Morgan fingerprint density at radius 1 is 1.06 bits per heavy atom. The van der Waals surface area contributed by atoms with Crippen LogP contribution in [0.5, 0.6) is 0 Å². The van der Waals surface area contributed by atoms with Gasteiger partial charge in [-0.1, -0.05) is 61.8 Å². The van der Waals surface area contributed by atoms with E-state index in [4.69, 9.17) is 11.6 Å². The molecule has 0 aliphatic rings. The molecule has 8 heteroatoms. The minimum atomic E-state index is -0.292. The first-order chi connectivity index (χ1) is 16.6. The molecule has 0 saturated heterocycles. The van der Waals surface area contributed by atoms with Crippen LogP contribution in [0.1, 0.15) is 63.2 Å². The molecule has 2 aromatic carbocycles. The van der Waals surface area contributed by atoms with Gasteiger partial charge in [-0.25, -0.2) is 4.68 Å². The maximum Gasteiger partial charge on any atom is 0.252 e. The van der Waals surface area contributed by atoms with Crippen LogP contribution in [0.4, 0.5) is 0 Å². The van der Waals surface area contributed by atoms with Gasteiger partial charge in [0.25, 0.3) is 5.56 Å². The van der Waals surface area contributed by atoms with E-state index in [1.165, 1.54) is 0 Å². The SMILES string of the molecule is Cc1cccc2cc(CN(Cc3ccccc3Cl)[C@@H](c3nnnn3C(C)(C)C)C(C)C)c(=O)[nH]c12. The number of nitrogens with zero attached hydrogens (tertiary/aromatic N) is 5. The Bertz CT molecular complexity index is 1380. The van der Waals surface area contributed by atoms with Crippen molar-refractivity contribution < 1.29 is 0 Å². The third-order valence-electron chi connectivity index (χ3n) is 6.29. The van der Waals surface area contributed by atoms with Crippen LogP contribution in [0.15, 0.2) is 53.3 Å². The molecule has 2 aromatic heterocycles. The molecule has 0 unspecified atom stereocenters. The van der Waals surface area contributed by atoms with Crippen LogP contribution in [-0.4, -0.2) is 30.1 Å². The summed E-state index contributed by atoms with van der Waals surface area (Å²) in [5.74, 6) is 0.944. The first-order valence-electron chi connectivity index (χ1n) is 11.9. The number of H-pyrrole nitrogens is 1. The number of para-hydroxylation sites is 1. The van der Waals surface area contributed by atoms with E-state index >= 15 is 0 Å². The molecule has 1 N–H and O–H groups in total. The lowest BCUT2D eigenvalue weighted by atomic mass is 9.98. The molecule has 2 heterocycles. The van der Waals surface area contributed by atoms with E-state index in [0.717, 1.165) is 27.9 Å². The second kappa shape index (κ2) is 9.91. The van der Waals surface area contributed by atoms with Crippen molar-refractivity contribution in [3.05, 3.63) is 86.4 Å². The topological polar surface area (TPSA) is 79.7 Å². The summed E-state index contributed by atoms with van der Waals surface area (Å²) in [5.41, 5.74) is 3.21. The van der Waals surface area contributed by atoms with Gasteiger partial charge in [0.05, 0.1) is 17.1 Å². The standard InChI is InChI=1S/C27H33ClN6O/c1-17(2)24(25-30-31-32-34(25)27(4,5)6)33(15-20-11-7-8-13-22(20)28)16-21-14-19-12-9-10-18(3)23(19)29-26(21)35/h7-14,17,24H,15-16H2,1-6H3,(H,29,35)/t24-/m1/s1. The van der Waals surface area contributed by atoms with Gasteiger partial charge in [-0.2, -0.15) is 0 Å². The second-order valence-electron chi connectivity index (χ2n) is 10.5. The predicted octanol–water partition coefficient (Wildman–Crippen LogP) is 5.63. The summed E-state index contributed by atoms with van der Waals surface area (Å²) in [6.45, 7) is 13.5. The van der Waals surface area contributed by atoms with Crippen LogP contribution < -0.4 is 5.56 Å². The zero-order chi connectivity index (χ0) is 25.3. The summed E-state index contributed by atoms with van der Waals surface area (Å²) in [4.78, 5) is 18.5. The number of hydrogen-bond donors (Lipinski definition) is 1. The first kappa shape index (κ1) is 25.1. The van der Waals surface area contributed by atoms with E-state index < -0.39 is 0 Å². The van der Waals surface area contributed by atoms with E-state index in [9.17, 15) is 4.79 Å². The van der Waals surface area contributed by atoms with Crippen molar-refractivity contribution in [3.8, 4) is 0 Å². The molecule has 0 aliphatic heterocycles. The average Bonchev–Trinajstić information content (AvgIpc) is 3.26. The average molecular weight is 493 g/mol. The van der Waals surface area contributed by atoms with Crippen molar-refractivity contribution in [1.29, 1.82) is 0 Å². The van der Waals surface area contributed by atoms with Crippen LogP contribution in [-0.2, 0) is 18.6 Å². The third kappa shape index (κ3) is 5.31. The molecule has 35 heavy (non-hydrogen) atoms. The van der Waals surface area contributed by atoms with Gasteiger partial charge >= 0.3 is 0 Å². The highest BCUT2D eigenvalue weighted by molar-refractivity contribution is 6.31. The molecular formula is C27H33ClN6O. The molecule has 0 amide bonds. The minimum absolute atomic E-state index is 0.0890. The van der Waals surface area contributed by atoms with E-state index in [-0.39, 0.29) is 23.1 Å². The summed E-state index contributed by atoms with van der Waals surface area (Å²) in [6, 6.07) is 15.7. The lowest BCUT2D eigenvalue weighted by molar-refractivity contribution is 0.120. The molecule has 4 rings (SSSR count). The summed E-state index contributed by atoms with van der Waals surface area (Å²) in [7, 11) is 0. The molecule has 0 radical (unpaired) electrons. The summed E-state index contributed by atoms with van der Waals surface area (Å²) in [6.07, 6.45) is 0. The van der Waals surface area contributed by atoms with Gasteiger partial charge in [0.2, 0.25) is 0 Å². The van der Waals surface area contributed by atoms with Gasteiger partial charge in [0.1, 0.15) is 0 Å². The van der Waals surface area contributed by atoms with Gasteiger partial charge < -0.3 is 4.98 Å². The van der Waals surface area contributed by atoms with Crippen LogP contribution in [0.25, 0.3) is 10.9 Å². The Hall–Kier alpha value is -3.03. The quantitative estimate of drug-likeness (QED) is 0.361. The number of aryl methyl sites for hydroxylation is 1. The lowest BCUT2D eigenvalue weighted by Crippen LogP contribution is -2.37. The Kier molecular flexibility index (Phi) is 7.10. The molecule has 4 aromatic rings. The molecule has 0 saturated carbocycles. The number of nitrogens with one attached hydrogen (secondary N) is 1. The number of benzene rings is 2. The Morgan fingerprint density at radius 2 is 1.77 bits per heavy atom. The Morgan fingerprint density at radius 3 is 2.46 bits per heavy atom. The largest absolute Gasteiger partial charge is 0.321 e. The normalized spacial score (nSPS) is 13.2. The monoisotopic (exact) mass is 492 g/mol. The van der Waals surface area contributed by atoms with Crippen LogP contribution in [0.2, 0.25) is 5.02 Å². The summed E-state index contributed by atoms with van der Waals surface area (Å²) in [5, 5.41) is 14.5.